The SMILES string of the molecule is Cc1cc(S(=O)(=O)c2cc(C(=O)NCc3c(F)ccc4cnn(C5CC5)c34)n(C)c2C)cc2cn[nH]c12. The molecule has 1 saturated carbocycles. The van der Waals surface area contributed by atoms with Crippen molar-refractivity contribution in [1.82, 2.24) is 29.9 Å². The van der Waals surface area contributed by atoms with Crippen LogP contribution < -0.4 is 5.32 Å². The lowest BCUT2D eigenvalue weighted by Gasteiger charge is -2.11. The van der Waals surface area contributed by atoms with Crippen LogP contribution in [0.4, 0.5) is 4.39 Å². The Morgan fingerprint density at radius 3 is 2.70 bits per heavy atom. The molecule has 6 rings (SSSR count). The number of halogens is 1. The molecular weight excluding hydrogens is 495 g/mol. The lowest BCUT2D eigenvalue weighted by molar-refractivity contribution is 0.0942. The fourth-order valence-corrected chi connectivity index (χ4v) is 6.52. The summed E-state index contributed by atoms with van der Waals surface area (Å²) in [6, 6.07) is 7.84. The van der Waals surface area contributed by atoms with Crippen LogP contribution in [-0.4, -0.2) is 38.9 Å². The molecule has 3 aromatic heterocycles. The van der Waals surface area contributed by atoms with E-state index in [1.807, 2.05) is 11.6 Å². The van der Waals surface area contributed by atoms with Gasteiger partial charge in [-0.05, 0) is 62.6 Å². The Balaban J connectivity index is 1.32. The van der Waals surface area contributed by atoms with E-state index in [0.717, 1.165) is 29.3 Å². The van der Waals surface area contributed by atoms with Gasteiger partial charge in [0.15, 0.2) is 0 Å². The van der Waals surface area contributed by atoms with Gasteiger partial charge in [-0.25, -0.2) is 12.8 Å². The first-order valence-corrected chi connectivity index (χ1v) is 13.4. The van der Waals surface area contributed by atoms with E-state index >= 15 is 0 Å². The number of nitrogens with one attached hydrogen (secondary N) is 2. The van der Waals surface area contributed by atoms with Crippen LogP contribution >= 0.6 is 0 Å². The summed E-state index contributed by atoms with van der Waals surface area (Å²) in [7, 11) is -2.28. The van der Waals surface area contributed by atoms with Crippen molar-refractivity contribution in [2.75, 3.05) is 0 Å². The largest absolute Gasteiger partial charge is 0.346 e. The first-order valence-electron chi connectivity index (χ1n) is 11.9. The summed E-state index contributed by atoms with van der Waals surface area (Å²) >= 11 is 0. The average molecular weight is 521 g/mol. The van der Waals surface area contributed by atoms with E-state index in [1.54, 1.807) is 44.6 Å². The Kier molecular flexibility index (Phi) is 5.23. The lowest BCUT2D eigenvalue weighted by Crippen LogP contribution is -2.26. The molecule has 0 saturated heterocycles. The first-order chi connectivity index (χ1) is 17.7. The number of aromatic nitrogens is 5. The van der Waals surface area contributed by atoms with Gasteiger partial charge in [0.1, 0.15) is 11.5 Å². The molecule has 2 aromatic carbocycles. The van der Waals surface area contributed by atoms with Gasteiger partial charge in [0.25, 0.3) is 5.91 Å². The highest BCUT2D eigenvalue weighted by molar-refractivity contribution is 7.91. The van der Waals surface area contributed by atoms with Crippen LogP contribution in [0.25, 0.3) is 21.8 Å². The van der Waals surface area contributed by atoms with Crippen LogP contribution in [0.1, 0.15) is 46.2 Å². The number of rotatable bonds is 6. The molecule has 0 atom stereocenters. The van der Waals surface area contributed by atoms with Crippen LogP contribution in [0.2, 0.25) is 0 Å². The van der Waals surface area contributed by atoms with Gasteiger partial charge in [-0.15, -0.1) is 0 Å². The molecule has 0 unspecified atom stereocenters. The van der Waals surface area contributed by atoms with Crippen LogP contribution in [0, 0.1) is 19.7 Å². The zero-order chi connectivity index (χ0) is 26.1. The maximum absolute atomic E-state index is 14.8. The number of aromatic amines is 1. The number of sulfone groups is 1. The second-order valence-electron chi connectivity index (χ2n) is 9.58. The number of aryl methyl sites for hydroxylation is 1. The van der Waals surface area contributed by atoms with Gasteiger partial charge < -0.3 is 9.88 Å². The zero-order valence-corrected chi connectivity index (χ0v) is 21.4. The molecule has 0 aliphatic heterocycles. The lowest BCUT2D eigenvalue weighted by atomic mass is 10.1. The molecule has 11 heteroatoms. The summed E-state index contributed by atoms with van der Waals surface area (Å²) in [5.41, 5.74) is 3.16. The number of carbonyl (C=O) groups excluding carboxylic acids is 1. The van der Waals surface area contributed by atoms with Crippen molar-refractivity contribution in [2.24, 2.45) is 7.05 Å². The average Bonchev–Trinajstić information content (AvgIpc) is 3.29. The van der Waals surface area contributed by atoms with Crippen LogP contribution in [0.3, 0.4) is 0 Å². The van der Waals surface area contributed by atoms with Gasteiger partial charge in [-0.1, -0.05) is 0 Å². The topological polar surface area (TPSA) is 115 Å². The molecule has 3 heterocycles. The molecule has 5 aromatic rings. The molecule has 1 fully saturated rings. The van der Waals surface area contributed by atoms with E-state index in [9.17, 15) is 17.6 Å². The fourth-order valence-electron chi connectivity index (χ4n) is 4.85. The van der Waals surface area contributed by atoms with Gasteiger partial charge in [0.2, 0.25) is 9.84 Å². The zero-order valence-electron chi connectivity index (χ0n) is 20.5. The van der Waals surface area contributed by atoms with E-state index < -0.39 is 21.6 Å². The summed E-state index contributed by atoms with van der Waals surface area (Å²) in [5, 5.41) is 15.5. The molecule has 2 N–H and O–H groups in total. The Morgan fingerprint density at radius 1 is 1.16 bits per heavy atom. The van der Waals surface area contributed by atoms with Crippen molar-refractivity contribution in [1.29, 1.82) is 0 Å². The first kappa shape index (κ1) is 23.4. The van der Waals surface area contributed by atoms with E-state index in [4.69, 9.17) is 0 Å². The normalized spacial score (nSPS) is 14.1. The van der Waals surface area contributed by atoms with Crippen LogP contribution in [0.15, 0.2) is 52.5 Å². The minimum absolute atomic E-state index is 0.0440. The van der Waals surface area contributed by atoms with Crippen molar-refractivity contribution < 1.29 is 17.6 Å². The van der Waals surface area contributed by atoms with Crippen LogP contribution in [0.5, 0.6) is 0 Å². The molecular formula is C26H25FN6O3S. The minimum Gasteiger partial charge on any atom is -0.346 e. The molecule has 0 spiro atoms. The number of amides is 1. The van der Waals surface area contributed by atoms with Crippen molar-refractivity contribution in [2.45, 2.75) is 49.1 Å². The molecule has 1 aliphatic carbocycles. The quantitative estimate of drug-likeness (QED) is 0.350. The number of hydrogen-bond donors (Lipinski definition) is 2. The monoisotopic (exact) mass is 520 g/mol. The van der Waals surface area contributed by atoms with Crippen molar-refractivity contribution in [3.8, 4) is 0 Å². The summed E-state index contributed by atoms with van der Waals surface area (Å²) < 4.78 is 45.4. The summed E-state index contributed by atoms with van der Waals surface area (Å²) in [6.45, 7) is 3.41. The van der Waals surface area contributed by atoms with Gasteiger partial charge in [0, 0.05) is 35.6 Å². The number of benzene rings is 2. The maximum Gasteiger partial charge on any atom is 0.268 e. The summed E-state index contributed by atoms with van der Waals surface area (Å²) in [5.74, 6) is -0.922. The predicted molar refractivity (Wildman–Crippen MR) is 136 cm³/mol. The van der Waals surface area contributed by atoms with Gasteiger partial charge in [-0.3, -0.25) is 14.6 Å². The second-order valence-corrected chi connectivity index (χ2v) is 11.5. The molecule has 0 radical (unpaired) electrons. The predicted octanol–water partition coefficient (Wildman–Crippen LogP) is 4.10. The molecule has 0 bridgehead atoms. The van der Waals surface area contributed by atoms with E-state index in [1.165, 1.54) is 16.7 Å². The molecule has 1 amide bonds. The molecule has 1 aliphatic rings. The molecule has 37 heavy (non-hydrogen) atoms. The summed E-state index contributed by atoms with van der Waals surface area (Å²) in [6.07, 6.45) is 5.27. The second kappa shape index (κ2) is 8.27. The van der Waals surface area contributed by atoms with E-state index in [0.29, 0.717) is 22.2 Å². The smallest absolute Gasteiger partial charge is 0.268 e. The fraction of sp³-hybridized carbons (Fsp3) is 0.269. The Morgan fingerprint density at radius 2 is 1.95 bits per heavy atom. The van der Waals surface area contributed by atoms with Crippen LogP contribution in [-0.2, 0) is 23.4 Å². The highest BCUT2D eigenvalue weighted by Gasteiger charge is 2.29. The molecule has 190 valence electrons. The number of H-pyrrole nitrogens is 1. The van der Waals surface area contributed by atoms with Crippen molar-refractivity contribution >= 4 is 37.6 Å². The standard InChI is InChI=1S/C26H25FN6O3S/c1-14-8-19(9-17-11-29-31-24(14)17)37(35,36)23-10-22(32(3)15(23)2)26(34)28-13-20-21(27)7-4-16-12-30-33(25(16)20)18-5-6-18/h4,7-12,18H,5-6,13H2,1-3H3,(H,28,34)(H,29,31). The maximum atomic E-state index is 14.8. The van der Waals surface area contributed by atoms with Gasteiger partial charge in [-0.2, -0.15) is 10.2 Å². The van der Waals surface area contributed by atoms with E-state index in [2.05, 4.69) is 20.6 Å². The number of carbonyl (C=O) groups is 1. The summed E-state index contributed by atoms with van der Waals surface area (Å²) in [4.78, 5) is 13.4. The Hall–Kier alpha value is -3.99. The van der Waals surface area contributed by atoms with Crippen molar-refractivity contribution in [3.63, 3.8) is 0 Å². The number of nitrogens with zero attached hydrogens (tertiary/aromatic N) is 4. The highest BCUT2D eigenvalue weighted by Crippen LogP contribution is 2.38. The van der Waals surface area contributed by atoms with Crippen molar-refractivity contribution in [3.05, 3.63) is 71.1 Å². The molecule has 9 nitrogen and oxygen atoms in total. The third-order valence-corrected chi connectivity index (χ3v) is 9.02. The number of fused-ring (bicyclic) bond motifs is 2. The third kappa shape index (κ3) is 3.72. The minimum atomic E-state index is -3.91. The Labute approximate surface area is 212 Å². The van der Waals surface area contributed by atoms with E-state index in [-0.39, 0.29) is 28.1 Å². The van der Waals surface area contributed by atoms with Gasteiger partial charge >= 0.3 is 0 Å². The third-order valence-electron chi connectivity index (χ3n) is 7.17. The van der Waals surface area contributed by atoms with Gasteiger partial charge in [0.05, 0.1) is 39.3 Å². The number of hydrogen-bond acceptors (Lipinski definition) is 5. The highest BCUT2D eigenvalue weighted by atomic mass is 32.2. The Bertz CT molecular complexity index is 1830.